The Balaban J connectivity index is 1.86. The molecule has 3 heteroatoms. The lowest BCUT2D eigenvalue weighted by atomic mass is 10.1. The van der Waals surface area contributed by atoms with Crippen LogP contribution >= 0.6 is 0 Å². The lowest BCUT2D eigenvalue weighted by molar-refractivity contribution is -0.131. The van der Waals surface area contributed by atoms with E-state index in [1.807, 2.05) is 29.2 Å². The second kappa shape index (κ2) is 5.21. The Hall–Kier alpha value is -1.51. The van der Waals surface area contributed by atoms with Crippen molar-refractivity contribution in [3.63, 3.8) is 0 Å². The first kappa shape index (κ1) is 12.0. The summed E-state index contributed by atoms with van der Waals surface area (Å²) in [6.45, 7) is 2.89. The molecule has 1 saturated carbocycles. The second-order valence-corrected chi connectivity index (χ2v) is 4.66. The van der Waals surface area contributed by atoms with Crippen molar-refractivity contribution in [3.8, 4) is 0 Å². The zero-order valence-corrected chi connectivity index (χ0v) is 10.4. The molecule has 92 valence electrons. The number of nitrogens with two attached hydrogens (primary N) is 1. The van der Waals surface area contributed by atoms with Crippen molar-refractivity contribution in [3.05, 3.63) is 29.8 Å². The average molecular weight is 232 g/mol. The fourth-order valence-corrected chi connectivity index (χ4v) is 2.17. The van der Waals surface area contributed by atoms with E-state index >= 15 is 0 Å². The molecular weight excluding hydrogens is 212 g/mol. The minimum atomic E-state index is 0.275. The largest absolute Gasteiger partial charge is 0.399 e. The van der Waals surface area contributed by atoms with E-state index < -0.39 is 0 Å². The molecule has 0 bridgehead atoms. The number of nitrogens with zero attached hydrogens (tertiary/aromatic N) is 1. The van der Waals surface area contributed by atoms with E-state index in [1.165, 1.54) is 12.8 Å². The van der Waals surface area contributed by atoms with Crippen LogP contribution in [0.3, 0.4) is 0 Å². The Morgan fingerprint density at radius 3 is 2.82 bits per heavy atom. The fourth-order valence-electron chi connectivity index (χ4n) is 2.17. The molecular formula is C14H20N2O. The van der Waals surface area contributed by atoms with Gasteiger partial charge < -0.3 is 10.6 Å². The van der Waals surface area contributed by atoms with Crippen molar-refractivity contribution in [2.75, 3.05) is 12.3 Å². The van der Waals surface area contributed by atoms with Gasteiger partial charge in [0, 0.05) is 24.7 Å². The summed E-state index contributed by atoms with van der Waals surface area (Å²) in [5, 5.41) is 0. The van der Waals surface area contributed by atoms with Crippen molar-refractivity contribution in [2.24, 2.45) is 0 Å². The molecule has 17 heavy (non-hydrogen) atoms. The van der Waals surface area contributed by atoms with Gasteiger partial charge in [-0.3, -0.25) is 4.79 Å². The van der Waals surface area contributed by atoms with E-state index in [2.05, 4.69) is 6.92 Å². The van der Waals surface area contributed by atoms with Crippen LogP contribution in [0.1, 0.15) is 31.7 Å². The molecule has 0 unspecified atom stereocenters. The second-order valence-electron chi connectivity index (χ2n) is 4.66. The fraction of sp³-hybridized carbons (Fsp3) is 0.500. The monoisotopic (exact) mass is 232 g/mol. The summed E-state index contributed by atoms with van der Waals surface area (Å²) in [7, 11) is 0. The van der Waals surface area contributed by atoms with Gasteiger partial charge >= 0.3 is 0 Å². The molecule has 1 aliphatic carbocycles. The normalized spacial score (nSPS) is 14.6. The number of carbonyl (C=O) groups excluding carboxylic acids is 1. The Morgan fingerprint density at radius 2 is 2.24 bits per heavy atom. The number of rotatable bonds is 5. The number of hydrogen-bond acceptors (Lipinski definition) is 2. The SMILES string of the molecule is CCN(C(=O)CCc1cccc(N)c1)C1CC1. The molecule has 0 spiro atoms. The van der Waals surface area contributed by atoms with Crippen molar-refractivity contribution in [1.29, 1.82) is 0 Å². The quantitative estimate of drug-likeness (QED) is 0.791. The highest BCUT2D eigenvalue weighted by molar-refractivity contribution is 5.77. The molecule has 1 aromatic carbocycles. The minimum Gasteiger partial charge on any atom is -0.399 e. The Morgan fingerprint density at radius 1 is 1.47 bits per heavy atom. The van der Waals surface area contributed by atoms with Gasteiger partial charge in [0.15, 0.2) is 0 Å². The van der Waals surface area contributed by atoms with Crippen LogP contribution in [-0.4, -0.2) is 23.4 Å². The van der Waals surface area contributed by atoms with Crippen molar-refractivity contribution >= 4 is 11.6 Å². The average Bonchev–Trinajstić information content (AvgIpc) is 3.12. The van der Waals surface area contributed by atoms with Crippen LogP contribution in [0, 0.1) is 0 Å². The number of anilines is 1. The van der Waals surface area contributed by atoms with E-state index in [4.69, 9.17) is 5.73 Å². The van der Waals surface area contributed by atoms with Crippen LogP contribution in [-0.2, 0) is 11.2 Å². The molecule has 0 atom stereocenters. The maximum Gasteiger partial charge on any atom is 0.223 e. The summed E-state index contributed by atoms with van der Waals surface area (Å²) < 4.78 is 0. The van der Waals surface area contributed by atoms with Gasteiger partial charge in [0.05, 0.1) is 0 Å². The highest BCUT2D eigenvalue weighted by Gasteiger charge is 2.30. The van der Waals surface area contributed by atoms with Crippen LogP contribution in [0.25, 0.3) is 0 Å². The predicted molar refractivity (Wildman–Crippen MR) is 69.6 cm³/mol. The molecule has 1 amide bonds. The Kier molecular flexibility index (Phi) is 3.67. The molecule has 1 fully saturated rings. The van der Waals surface area contributed by atoms with Crippen LogP contribution in [0.2, 0.25) is 0 Å². The first-order chi connectivity index (χ1) is 8.20. The van der Waals surface area contributed by atoms with Gasteiger partial charge in [0.2, 0.25) is 5.91 Å². The highest BCUT2D eigenvalue weighted by atomic mass is 16.2. The third-order valence-electron chi connectivity index (χ3n) is 3.23. The van der Waals surface area contributed by atoms with Crippen LogP contribution in [0.15, 0.2) is 24.3 Å². The maximum absolute atomic E-state index is 12.0. The summed E-state index contributed by atoms with van der Waals surface area (Å²) in [4.78, 5) is 14.0. The summed E-state index contributed by atoms with van der Waals surface area (Å²) in [6, 6.07) is 8.30. The maximum atomic E-state index is 12.0. The summed E-state index contributed by atoms with van der Waals surface area (Å²) in [5.41, 5.74) is 7.63. The molecule has 0 aliphatic heterocycles. The van der Waals surface area contributed by atoms with Crippen LogP contribution in [0.4, 0.5) is 5.69 Å². The van der Waals surface area contributed by atoms with E-state index in [0.29, 0.717) is 12.5 Å². The Labute approximate surface area is 103 Å². The summed E-state index contributed by atoms with van der Waals surface area (Å²) >= 11 is 0. The standard InChI is InChI=1S/C14H20N2O/c1-2-16(13-7-8-13)14(17)9-6-11-4-3-5-12(15)10-11/h3-5,10,13H,2,6-9,15H2,1H3. The van der Waals surface area contributed by atoms with E-state index in [0.717, 1.165) is 24.2 Å². The number of carbonyl (C=O) groups is 1. The number of hydrogen-bond donors (Lipinski definition) is 1. The first-order valence-corrected chi connectivity index (χ1v) is 6.34. The third-order valence-corrected chi connectivity index (χ3v) is 3.23. The lowest BCUT2D eigenvalue weighted by Crippen LogP contribution is -2.32. The highest BCUT2D eigenvalue weighted by Crippen LogP contribution is 2.27. The Bertz CT molecular complexity index is 399. The lowest BCUT2D eigenvalue weighted by Gasteiger charge is -2.20. The molecule has 3 nitrogen and oxygen atoms in total. The van der Waals surface area contributed by atoms with Crippen LogP contribution in [0.5, 0.6) is 0 Å². The zero-order valence-electron chi connectivity index (χ0n) is 10.4. The number of amides is 1. The van der Waals surface area contributed by atoms with Gasteiger partial charge in [0.25, 0.3) is 0 Å². The van der Waals surface area contributed by atoms with Crippen molar-refractivity contribution in [2.45, 2.75) is 38.6 Å². The van der Waals surface area contributed by atoms with Gasteiger partial charge in [-0.15, -0.1) is 0 Å². The summed E-state index contributed by atoms with van der Waals surface area (Å²) in [5.74, 6) is 0.275. The topological polar surface area (TPSA) is 46.3 Å². The van der Waals surface area contributed by atoms with E-state index in [1.54, 1.807) is 0 Å². The van der Waals surface area contributed by atoms with E-state index in [9.17, 15) is 4.79 Å². The van der Waals surface area contributed by atoms with Gasteiger partial charge in [-0.1, -0.05) is 12.1 Å². The predicted octanol–water partition coefficient (Wildman–Crippen LogP) is 2.21. The number of aryl methyl sites for hydroxylation is 1. The molecule has 0 radical (unpaired) electrons. The van der Waals surface area contributed by atoms with Gasteiger partial charge in [-0.05, 0) is 43.9 Å². The van der Waals surface area contributed by atoms with Crippen LogP contribution < -0.4 is 5.73 Å². The number of benzene rings is 1. The molecule has 2 N–H and O–H groups in total. The van der Waals surface area contributed by atoms with Gasteiger partial charge in [-0.25, -0.2) is 0 Å². The molecule has 0 aromatic heterocycles. The molecule has 2 rings (SSSR count). The molecule has 1 aromatic rings. The zero-order chi connectivity index (χ0) is 12.3. The van der Waals surface area contributed by atoms with Crippen molar-refractivity contribution in [1.82, 2.24) is 4.90 Å². The minimum absolute atomic E-state index is 0.275. The van der Waals surface area contributed by atoms with Gasteiger partial charge in [0.1, 0.15) is 0 Å². The first-order valence-electron chi connectivity index (χ1n) is 6.34. The molecule has 0 heterocycles. The number of nitrogen functional groups attached to an aromatic ring is 1. The molecule has 0 saturated heterocycles. The van der Waals surface area contributed by atoms with E-state index in [-0.39, 0.29) is 5.91 Å². The van der Waals surface area contributed by atoms with Crippen molar-refractivity contribution < 1.29 is 4.79 Å². The summed E-state index contributed by atoms with van der Waals surface area (Å²) in [6.07, 6.45) is 3.73. The van der Waals surface area contributed by atoms with Gasteiger partial charge in [-0.2, -0.15) is 0 Å². The third kappa shape index (κ3) is 3.22. The molecule has 1 aliphatic rings. The smallest absolute Gasteiger partial charge is 0.223 e.